The van der Waals surface area contributed by atoms with Crippen LogP contribution in [0.1, 0.15) is 46.0 Å². The average molecular weight is 334 g/mol. The molecule has 0 aromatic rings. The van der Waals surface area contributed by atoms with Crippen molar-refractivity contribution in [1.29, 1.82) is 0 Å². The van der Waals surface area contributed by atoms with E-state index in [0.29, 0.717) is 0 Å². The van der Waals surface area contributed by atoms with Crippen LogP contribution in [0.4, 0.5) is 0 Å². The summed E-state index contributed by atoms with van der Waals surface area (Å²) < 4.78 is 26.1. The topological polar surface area (TPSA) is 104 Å². The number of rotatable bonds is 8. The van der Waals surface area contributed by atoms with E-state index < -0.39 is 22.0 Å². The zero-order chi connectivity index (χ0) is 16.8. The second kappa shape index (κ2) is 8.47. The van der Waals surface area contributed by atoms with Crippen molar-refractivity contribution in [2.75, 3.05) is 18.8 Å². The molecule has 1 rings (SSSR count). The normalized spacial score (nSPS) is 18.1. The van der Waals surface area contributed by atoms with Crippen LogP contribution in [0, 0.1) is 5.92 Å². The van der Waals surface area contributed by atoms with Crippen LogP contribution in [-0.4, -0.2) is 54.6 Å². The molecule has 1 aliphatic carbocycles. The zero-order valence-corrected chi connectivity index (χ0v) is 14.1. The first kappa shape index (κ1) is 18.9. The first-order valence-corrected chi connectivity index (χ1v) is 9.31. The van der Waals surface area contributed by atoms with E-state index in [4.69, 9.17) is 5.11 Å². The summed E-state index contributed by atoms with van der Waals surface area (Å²) in [5.74, 6) is -1.37. The lowest BCUT2D eigenvalue weighted by molar-refractivity contribution is -0.140. The van der Waals surface area contributed by atoms with E-state index in [0.717, 1.165) is 36.4 Å². The molecule has 0 saturated heterocycles. The summed E-state index contributed by atoms with van der Waals surface area (Å²) in [4.78, 5) is 22.1. The Balaban J connectivity index is 2.77. The number of amides is 1. The molecule has 0 aromatic carbocycles. The molecule has 1 saturated carbocycles. The summed E-state index contributed by atoms with van der Waals surface area (Å²) in [5.41, 5.74) is 0. The highest BCUT2D eigenvalue weighted by molar-refractivity contribution is 7.89. The molecule has 0 aliphatic heterocycles. The molecular formula is C14H26N2O5S. The molecule has 2 N–H and O–H groups in total. The van der Waals surface area contributed by atoms with Gasteiger partial charge in [-0.2, -0.15) is 4.31 Å². The molecule has 1 aliphatic rings. The van der Waals surface area contributed by atoms with Crippen LogP contribution >= 0.6 is 0 Å². The molecule has 1 fully saturated rings. The molecule has 128 valence electrons. The van der Waals surface area contributed by atoms with Gasteiger partial charge in [0.05, 0.1) is 5.75 Å². The van der Waals surface area contributed by atoms with Crippen LogP contribution in [0.15, 0.2) is 0 Å². The van der Waals surface area contributed by atoms with Gasteiger partial charge in [-0.1, -0.05) is 19.3 Å². The number of carbonyl (C=O) groups excluding carboxylic acids is 1. The van der Waals surface area contributed by atoms with Gasteiger partial charge in [-0.25, -0.2) is 8.42 Å². The molecular weight excluding hydrogens is 308 g/mol. The molecule has 22 heavy (non-hydrogen) atoms. The largest absolute Gasteiger partial charge is 0.480 e. The third-order valence-electron chi connectivity index (χ3n) is 4.02. The SMILES string of the molecule is CC(=O)NCCN(C(C)C(=O)O)S(=O)(=O)CC1CCCCC1. The zero-order valence-electron chi connectivity index (χ0n) is 13.2. The highest BCUT2D eigenvalue weighted by Gasteiger charge is 2.33. The third kappa shape index (κ3) is 5.92. The Labute approximate surface area is 132 Å². The van der Waals surface area contributed by atoms with Gasteiger partial charge in [0.2, 0.25) is 15.9 Å². The van der Waals surface area contributed by atoms with E-state index in [1.807, 2.05) is 0 Å². The summed E-state index contributed by atoms with van der Waals surface area (Å²) in [5, 5.41) is 11.6. The van der Waals surface area contributed by atoms with Gasteiger partial charge in [-0.3, -0.25) is 9.59 Å². The lowest BCUT2D eigenvalue weighted by Gasteiger charge is -2.29. The Bertz CT molecular complexity index is 485. The number of hydrogen-bond donors (Lipinski definition) is 2. The Kier molecular flexibility index (Phi) is 7.28. The van der Waals surface area contributed by atoms with Crippen LogP contribution in [-0.2, 0) is 19.6 Å². The number of carboxylic acid groups (broad SMARTS) is 1. The second-order valence-corrected chi connectivity index (χ2v) is 7.86. The smallest absolute Gasteiger partial charge is 0.321 e. The highest BCUT2D eigenvalue weighted by atomic mass is 32.2. The van der Waals surface area contributed by atoms with Crippen molar-refractivity contribution in [2.45, 2.75) is 52.0 Å². The molecule has 1 atom stereocenters. The van der Waals surface area contributed by atoms with Gasteiger partial charge in [0, 0.05) is 20.0 Å². The molecule has 0 heterocycles. The minimum absolute atomic E-state index is 0.00923. The van der Waals surface area contributed by atoms with Crippen molar-refractivity contribution in [2.24, 2.45) is 5.92 Å². The van der Waals surface area contributed by atoms with E-state index in [-0.39, 0.29) is 30.7 Å². The van der Waals surface area contributed by atoms with Gasteiger partial charge in [0.25, 0.3) is 0 Å². The fourth-order valence-electron chi connectivity index (χ4n) is 2.79. The number of carbonyl (C=O) groups is 2. The monoisotopic (exact) mass is 334 g/mol. The number of nitrogens with one attached hydrogen (secondary N) is 1. The molecule has 0 radical (unpaired) electrons. The summed E-state index contributed by atoms with van der Waals surface area (Å²) in [6.07, 6.45) is 4.94. The quantitative estimate of drug-likeness (QED) is 0.683. The van der Waals surface area contributed by atoms with Crippen molar-refractivity contribution in [3.63, 3.8) is 0 Å². The molecule has 0 bridgehead atoms. The van der Waals surface area contributed by atoms with Gasteiger partial charge in [0.1, 0.15) is 6.04 Å². The molecule has 0 aromatic heterocycles. The maximum Gasteiger partial charge on any atom is 0.321 e. The van der Waals surface area contributed by atoms with E-state index >= 15 is 0 Å². The first-order valence-electron chi connectivity index (χ1n) is 7.71. The van der Waals surface area contributed by atoms with Crippen molar-refractivity contribution in [3.05, 3.63) is 0 Å². The molecule has 8 heteroatoms. The predicted molar refractivity (Wildman–Crippen MR) is 82.8 cm³/mol. The van der Waals surface area contributed by atoms with Gasteiger partial charge in [-0.05, 0) is 25.7 Å². The fraction of sp³-hybridized carbons (Fsp3) is 0.857. The lowest BCUT2D eigenvalue weighted by Crippen LogP contribution is -2.48. The van der Waals surface area contributed by atoms with Crippen LogP contribution in [0.5, 0.6) is 0 Å². The van der Waals surface area contributed by atoms with E-state index in [2.05, 4.69) is 5.32 Å². The maximum absolute atomic E-state index is 12.6. The summed E-state index contributed by atoms with van der Waals surface area (Å²) in [7, 11) is -3.66. The van der Waals surface area contributed by atoms with Crippen molar-refractivity contribution < 1.29 is 23.1 Å². The number of nitrogens with zero attached hydrogens (tertiary/aromatic N) is 1. The highest BCUT2D eigenvalue weighted by Crippen LogP contribution is 2.26. The van der Waals surface area contributed by atoms with E-state index in [9.17, 15) is 18.0 Å². The summed E-state index contributed by atoms with van der Waals surface area (Å²) in [6, 6.07) is -1.14. The summed E-state index contributed by atoms with van der Waals surface area (Å²) >= 11 is 0. The first-order chi connectivity index (χ1) is 10.2. The number of carboxylic acids is 1. The van der Waals surface area contributed by atoms with Gasteiger partial charge in [-0.15, -0.1) is 0 Å². The van der Waals surface area contributed by atoms with Crippen LogP contribution in [0.2, 0.25) is 0 Å². The third-order valence-corrected chi connectivity index (χ3v) is 6.13. The molecule has 0 spiro atoms. The predicted octanol–water partition coefficient (Wildman–Crippen LogP) is 0.808. The minimum atomic E-state index is -3.66. The van der Waals surface area contributed by atoms with Gasteiger partial charge < -0.3 is 10.4 Å². The van der Waals surface area contributed by atoms with E-state index in [1.54, 1.807) is 0 Å². The molecule has 1 amide bonds. The van der Waals surface area contributed by atoms with Crippen molar-refractivity contribution in [3.8, 4) is 0 Å². The number of hydrogen-bond acceptors (Lipinski definition) is 4. The minimum Gasteiger partial charge on any atom is -0.480 e. The standard InChI is InChI=1S/C14H26N2O5S/c1-11(14(18)19)16(9-8-15-12(2)17)22(20,21)10-13-6-4-3-5-7-13/h11,13H,3-10H2,1-2H3,(H,15,17)(H,18,19). The second-order valence-electron chi connectivity index (χ2n) is 5.89. The fourth-order valence-corrected chi connectivity index (χ4v) is 4.85. The molecule has 1 unspecified atom stereocenters. The lowest BCUT2D eigenvalue weighted by atomic mass is 9.91. The van der Waals surface area contributed by atoms with Crippen molar-refractivity contribution in [1.82, 2.24) is 9.62 Å². The summed E-state index contributed by atoms with van der Waals surface area (Å²) in [6.45, 7) is 2.77. The Hall–Kier alpha value is -1.15. The Morgan fingerprint density at radius 2 is 1.86 bits per heavy atom. The van der Waals surface area contributed by atoms with Gasteiger partial charge in [0.15, 0.2) is 0 Å². The van der Waals surface area contributed by atoms with Crippen LogP contribution in [0.25, 0.3) is 0 Å². The van der Waals surface area contributed by atoms with Crippen LogP contribution < -0.4 is 5.32 Å². The van der Waals surface area contributed by atoms with E-state index in [1.165, 1.54) is 13.8 Å². The van der Waals surface area contributed by atoms with Gasteiger partial charge >= 0.3 is 5.97 Å². The Morgan fingerprint density at radius 3 is 2.36 bits per heavy atom. The number of aliphatic carboxylic acids is 1. The average Bonchev–Trinajstić information content (AvgIpc) is 2.43. The van der Waals surface area contributed by atoms with Crippen molar-refractivity contribution >= 4 is 21.9 Å². The Morgan fingerprint density at radius 1 is 1.27 bits per heavy atom. The molecule has 7 nitrogen and oxygen atoms in total. The number of sulfonamides is 1. The van der Waals surface area contributed by atoms with Crippen LogP contribution in [0.3, 0.4) is 0 Å². The maximum atomic E-state index is 12.6.